The van der Waals surface area contributed by atoms with E-state index < -0.39 is 0 Å². The van der Waals surface area contributed by atoms with Crippen molar-refractivity contribution in [3.63, 3.8) is 0 Å². The van der Waals surface area contributed by atoms with Crippen LogP contribution in [-0.4, -0.2) is 7.11 Å². The van der Waals surface area contributed by atoms with Crippen molar-refractivity contribution < 1.29 is 4.74 Å². The summed E-state index contributed by atoms with van der Waals surface area (Å²) < 4.78 is 6.33. The summed E-state index contributed by atoms with van der Waals surface area (Å²) in [4.78, 5) is 0. The fourth-order valence-electron chi connectivity index (χ4n) is 1.43. The summed E-state index contributed by atoms with van der Waals surface area (Å²) in [7, 11) is 1.66. The molecular formula is C10H10ClNOS. The van der Waals surface area contributed by atoms with Crippen molar-refractivity contribution in [1.82, 2.24) is 0 Å². The smallest absolute Gasteiger partial charge is 0.174 e. The van der Waals surface area contributed by atoms with Gasteiger partial charge in [-0.15, -0.1) is 11.6 Å². The average Bonchev–Trinajstić information content (AvgIpc) is 2.59. The lowest BCUT2D eigenvalue weighted by Crippen LogP contribution is -1.86. The second kappa shape index (κ2) is 3.67. The minimum atomic E-state index is 0.477. The van der Waals surface area contributed by atoms with E-state index in [9.17, 15) is 0 Å². The first-order chi connectivity index (χ1) is 6.74. The molecule has 0 unspecified atom stereocenters. The van der Waals surface area contributed by atoms with E-state index in [1.807, 2.05) is 18.2 Å². The standard InChI is InChI=1S/C10H10ClNOS/c1-13-9-4-6-2-8(12)3-7(5-11)10(6)14-9/h2-4H,5,12H2,1H3. The molecule has 14 heavy (non-hydrogen) atoms. The number of nitrogen functional groups attached to an aromatic ring is 1. The Bertz CT molecular complexity index is 466. The largest absolute Gasteiger partial charge is 0.487 e. The Morgan fingerprint density at radius 3 is 2.86 bits per heavy atom. The Hall–Kier alpha value is -0.930. The maximum atomic E-state index is 5.84. The Morgan fingerprint density at radius 2 is 2.21 bits per heavy atom. The van der Waals surface area contributed by atoms with Crippen molar-refractivity contribution in [3.05, 3.63) is 23.8 Å². The van der Waals surface area contributed by atoms with E-state index in [0.717, 1.165) is 26.4 Å². The van der Waals surface area contributed by atoms with Crippen LogP contribution in [0.1, 0.15) is 5.56 Å². The third-order valence-electron chi connectivity index (χ3n) is 2.04. The first kappa shape index (κ1) is 9.62. The number of halogens is 1. The zero-order valence-electron chi connectivity index (χ0n) is 7.71. The molecule has 0 saturated carbocycles. The first-order valence-corrected chi connectivity index (χ1v) is 5.51. The summed E-state index contributed by atoms with van der Waals surface area (Å²) in [5, 5.41) is 1.99. The molecule has 0 radical (unpaired) electrons. The predicted octanol–water partition coefficient (Wildman–Crippen LogP) is 3.23. The lowest BCUT2D eigenvalue weighted by atomic mass is 10.1. The summed E-state index contributed by atoms with van der Waals surface area (Å²) in [6, 6.07) is 5.82. The van der Waals surface area contributed by atoms with Crippen LogP contribution in [0, 0.1) is 0 Å². The Kier molecular flexibility index (Phi) is 2.52. The van der Waals surface area contributed by atoms with Gasteiger partial charge in [0, 0.05) is 16.3 Å². The fraction of sp³-hybridized carbons (Fsp3) is 0.200. The summed E-state index contributed by atoms with van der Waals surface area (Å²) in [6.45, 7) is 0. The number of hydrogen-bond donors (Lipinski definition) is 1. The number of hydrogen-bond acceptors (Lipinski definition) is 3. The molecule has 0 bridgehead atoms. The van der Waals surface area contributed by atoms with E-state index in [-0.39, 0.29) is 0 Å². The lowest BCUT2D eigenvalue weighted by Gasteiger charge is -1.99. The van der Waals surface area contributed by atoms with E-state index >= 15 is 0 Å². The molecule has 0 fully saturated rings. The van der Waals surface area contributed by atoms with Gasteiger partial charge in [-0.3, -0.25) is 0 Å². The van der Waals surface area contributed by atoms with Gasteiger partial charge in [-0.1, -0.05) is 11.3 Å². The normalized spacial score (nSPS) is 10.7. The topological polar surface area (TPSA) is 35.2 Å². The highest BCUT2D eigenvalue weighted by Gasteiger charge is 2.07. The number of methoxy groups -OCH3 is 1. The van der Waals surface area contributed by atoms with Gasteiger partial charge in [-0.2, -0.15) is 0 Å². The highest BCUT2D eigenvalue weighted by molar-refractivity contribution is 7.21. The Labute approximate surface area is 91.2 Å². The Morgan fingerprint density at radius 1 is 1.43 bits per heavy atom. The van der Waals surface area contributed by atoms with Crippen molar-refractivity contribution >= 4 is 38.7 Å². The Balaban J connectivity index is 2.71. The maximum Gasteiger partial charge on any atom is 0.174 e. The highest BCUT2D eigenvalue weighted by atomic mass is 35.5. The van der Waals surface area contributed by atoms with Crippen molar-refractivity contribution in [2.45, 2.75) is 5.88 Å². The molecule has 2 nitrogen and oxygen atoms in total. The second-order valence-corrected chi connectivity index (χ2v) is 4.28. The molecule has 0 atom stereocenters. The van der Waals surface area contributed by atoms with Gasteiger partial charge >= 0.3 is 0 Å². The number of rotatable bonds is 2. The SMILES string of the molecule is COc1cc2cc(N)cc(CCl)c2s1. The van der Waals surface area contributed by atoms with Gasteiger partial charge in [-0.05, 0) is 29.1 Å². The number of fused-ring (bicyclic) bond motifs is 1. The van der Waals surface area contributed by atoms with Crippen molar-refractivity contribution in [3.8, 4) is 5.06 Å². The zero-order chi connectivity index (χ0) is 10.1. The summed E-state index contributed by atoms with van der Waals surface area (Å²) in [6.07, 6.45) is 0. The van der Waals surface area contributed by atoms with Crippen LogP contribution in [0.4, 0.5) is 5.69 Å². The van der Waals surface area contributed by atoms with Crippen molar-refractivity contribution in [2.24, 2.45) is 0 Å². The lowest BCUT2D eigenvalue weighted by molar-refractivity contribution is 0.427. The first-order valence-electron chi connectivity index (χ1n) is 4.16. The number of ether oxygens (including phenoxy) is 1. The number of thiophene rings is 1. The third-order valence-corrected chi connectivity index (χ3v) is 3.51. The number of alkyl halides is 1. The van der Waals surface area contributed by atoms with Crippen molar-refractivity contribution in [1.29, 1.82) is 0 Å². The molecule has 0 amide bonds. The summed E-state index contributed by atoms with van der Waals surface area (Å²) in [5.41, 5.74) is 7.57. The highest BCUT2D eigenvalue weighted by Crippen LogP contribution is 2.35. The minimum absolute atomic E-state index is 0.477. The molecule has 0 spiro atoms. The number of nitrogens with two attached hydrogens (primary N) is 1. The van der Waals surface area contributed by atoms with Gasteiger partial charge in [0.2, 0.25) is 0 Å². The molecule has 74 valence electrons. The van der Waals surface area contributed by atoms with Gasteiger partial charge in [0.05, 0.1) is 7.11 Å². The van der Waals surface area contributed by atoms with Gasteiger partial charge < -0.3 is 10.5 Å². The molecule has 0 aliphatic heterocycles. The van der Waals surface area contributed by atoms with Crippen LogP contribution in [0.5, 0.6) is 5.06 Å². The van der Waals surface area contributed by atoms with Gasteiger partial charge in [-0.25, -0.2) is 0 Å². The van der Waals surface area contributed by atoms with Crippen LogP contribution in [0.2, 0.25) is 0 Å². The van der Waals surface area contributed by atoms with Crippen LogP contribution < -0.4 is 10.5 Å². The number of benzene rings is 1. The summed E-state index contributed by atoms with van der Waals surface area (Å²) in [5.74, 6) is 0.477. The van der Waals surface area contributed by atoms with E-state index in [1.165, 1.54) is 0 Å². The molecule has 0 aliphatic carbocycles. The molecule has 1 aromatic heterocycles. The molecule has 0 aliphatic rings. The monoisotopic (exact) mass is 227 g/mol. The molecule has 0 saturated heterocycles. The molecule has 4 heteroatoms. The van der Waals surface area contributed by atoms with Crippen LogP contribution in [0.3, 0.4) is 0 Å². The predicted molar refractivity (Wildman–Crippen MR) is 62.3 cm³/mol. The number of anilines is 1. The van der Waals surface area contributed by atoms with Crippen molar-refractivity contribution in [2.75, 3.05) is 12.8 Å². The maximum absolute atomic E-state index is 5.84. The molecule has 1 aromatic carbocycles. The van der Waals surface area contributed by atoms with Crippen LogP contribution in [-0.2, 0) is 5.88 Å². The minimum Gasteiger partial charge on any atom is -0.487 e. The van der Waals surface area contributed by atoms with E-state index in [1.54, 1.807) is 18.4 Å². The quantitative estimate of drug-likeness (QED) is 0.632. The fourth-order valence-corrected chi connectivity index (χ4v) is 2.69. The van der Waals surface area contributed by atoms with Gasteiger partial charge in [0.1, 0.15) is 0 Å². The zero-order valence-corrected chi connectivity index (χ0v) is 9.28. The molecule has 1 heterocycles. The van der Waals surface area contributed by atoms with Crippen LogP contribution in [0.25, 0.3) is 10.1 Å². The second-order valence-electron chi connectivity index (χ2n) is 3.00. The van der Waals surface area contributed by atoms with Crippen LogP contribution >= 0.6 is 22.9 Å². The van der Waals surface area contributed by atoms with E-state index in [2.05, 4.69) is 0 Å². The van der Waals surface area contributed by atoms with E-state index in [4.69, 9.17) is 22.1 Å². The molecular weight excluding hydrogens is 218 g/mol. The molecule has 2 aromatic rings. The molecule has 2 N–H and O–H groups in total. The summed E-state index contributed by atoms with van der Waals surface area (Å²) >= 11 is 7.44. The van der Waals surface area contributed by atoms with E-state index in [0.29, 0.717) is 5.88 Å². The van der Waals surface area contributed by atoms with Gasteiger partial charge in [0.25, 0.3) is 0 Å². The third kappa shape index (κ3) is 1.53. The van der Waals surface area contributed by atoms with Gasteiger partial charge in [0.15, 0.2) is 5.06 Å². The average molecular weight is 228 g/mol. The molecule has 2 rings (SSSR count). The van der Waals surface area contributed by atoms with Crippen LogP contribution in [0.15, 0.2) is 18.2 Å².